The van der Waals surface area contributed by atoms with Crippen molar-refractivity contribution in [2.75, 3.05) is 13.7 Å². The van der Waals surface area contributed by atoms with Crippen LogP contribution in [0, 0.1) is 0 Å². The summed E-state index contributed by atoms with van der Waals surface area (Å²) in [6.45, 7) is 3.00. The van der Waals surface area contributed by atoms with E-state index < -0.39 is 22.9 Å². The number of phenolic OH excluding ortho intramolecular Hbond substituents is 1. The average molecular weight is 484 g/mol. The van der Waals surface area contributed by atoms with E-state index >= 15 is 0 Å². The first-order valence-corrected chi connectivity index (χ1v) is 10.5. The van der Waals surface area contributed by atoms with E-state index in [9.17, 15) is 23.1 Å². The minimum Gasteiger partial charge on any atom is -0.507 e. The second-order valence-corrected chi connectivity index (χ2v) is 8.12. The van der Waals surface area contributed by atoms with Crippen LogP contribution < -0.4 is 10.2 Å². The molecule has 1 saturated heterocycles. The Morgan fingerprint density at radius 1 is 1.15 bits per heavy atom. The number of methoxy groups -OCH3 is 1. The second-order valence-electron chi connectivity index (χ2n) is 8.12. The Balaban J connectivity index is 0.00000306. The van der Waals surface area contributed by atoms with Crippen molar-refractivity contribution in [1.29, 1.82) is 0 Å². The molecule has 9 heteroatoms. The van der Waals surface area contributed by atoms with E-state index in [1.807, 2.05) is 6.92 Å². The quantitative estimate of drug-likeness (QED) is 0.494. The number of fused-ring (bicyclic) bond motifs is 1. The van der Waals surface area contributed by atoms with Crippen LogP contribution in [-0.4, -0.2) is 29.7 Å². The average Bonchev–Trinajstić information content (AvgIpc) is 2.76. The van der Waals surface area contributed by atoms with Gasteiger partial charge in [-0.15, -0.1) is 12.4 Å². The standard InChI is InChI=1S/C24H24F3NO4.ClH/c1-14-5-3-4-12-28(14)13-18-19(29)11-10-17-21(30)20(15-6-8-16(31-2)9-7-15)23(24(25,26)27)32-22(17)18;/h6-11,14,29H,3-5,12-13H2,1-2H3;1H. The van der Waals surface area contributed by atoms with Crippen LogP contribution >= 0.6 is 12.4 Å². The van der Waals surface area contributed by atoms with Gasteiger partial charge >= 0.3 is 6.18 Å². The number of phenols is 1. The van der Waals surface area contributed by atoms with Gasteiger partial charge in [0.05, 0.1) is 23.6 Å². The summed E-state index contributed by atoms with van der Waals surface area (Å²) in [5.41, 5.74) is -1.31. The zero-order chi connectivity index (χ0) is 23.0. The van der Waals surface area contributed by atoms with Crippen LogP contribution in [-0.2, 0) is 12.7 Å². The number of alkyl halides is 3. The van der Waals surface area contributed by atoms with Crippen molar-refractivity contribution >= 4 is 23.4 Å². The Kier molecular flexibility index (Phi) is 7.29. The minimum absolute atomic E-state index is 0. The molecule has 0 aliphatic carbocycles. The van der Waals surface area contributed by atoms with Crippen LogP contribution in [0.4, 0.5) is 13.2 Å². The van der Waals surface area contributed by atoms with Crippen molar-refractivity contribution in [3.8, 4) is 22.6 Å². The predicted molar refractivity (Wildman–Crippen MR) is 122 cm³/mol. The Bertz CT molecular complexity index is 1190. The summed E-state index contributed by atoms with van der Waals surface area (Å²) in [6, 6.07) is 8.62. The largest absolute Gasteiger partial charge is 0.507 e. The van der Waals surface area contributed by atoms with Crippen molar-refractivity contribution in [3.63, 3.8) is 0 Å². The van der Waals surface area contributed by atoms with Crippen LogP contribution in [0.1, 0.15) is 37.5 Å². The van der Waals surface area contributed by atoms with Gasteiger partial charge in [-0.1, -0.05) is 18.6 Å². The topological polar surface area (TPSA) is 62.9 Å². The Morgan fingerprint density at radius 3 is 2.45 bits per heavy atom. The number of hydrogen-bond donors (Lipinski definition) is 1. The fourth-order valence-electron chi connectivity index (χ4n) is 4.27. The van der Waals surface area contributed by atoms with Crippen molar-refractivity contribution < 1.29 is 27.4 Å². The molecule has 2 heterocycles. The van der Waals surface area contributed by atoms with Gasteiger partial charge in [0.1, 0.15) is 17.1 Å². The third kappa shape index (κ3) is 4.82. The fraction of sp³-hybridized carbons (Fsp3) is 0.375. The van der Waals surface area contributed by atoms with E-state index in [0.717, 1.165) is 25.8 Å². The summed E-state index contributed by atoms with van der Waals surface area (Å²) in [6.07, 6.45) is -1.89. The molecule has 1 aliphatic heterocycles. The molecule has 1 fully saturated rings. The molecule has 0 saturated carbocycles. The first-order chi connectivity index (χ1) is 15.2. The van der Waals surface area contributed by atoms with Crippen molar-refractivity contribution in [1.82, 2.24) is 4.90 Å². The van der Waals surface area contributed by atoms with E-state index in [4.69, 9.17) is 9.15 Å². The molecule has 1 N–H and O–H groups in total. The normalized spacial score (nSPS) is 17.1. The van der Waals surface area contributed by atoms with E-state index in [2.05, 4.69) is 4.90 Å². The number of benzene rings is 2. The minimum atomic E-state index is -4.90. The SMILES string of the molecule is COc1ccc(-c2c(C(F)(F)F)oc3c(CN4CCCCC4C)c(O)ccc3c2=O)cc1.Cl. The van der Waals surface area contributed by atoms with Gasteiger partial charge in [0.15, 0.2) is 0 Å². The van der Waals surface area contributed by atoms with Gasteiger partial charge in [0.2, 0.25) is 11.2 Å². The maximum absolute atomic E-state index is 14.0. The number of nitrogens with zero attached hydrogens (tertiary/aromatic N) is 1. The van der Waals surface area contributed by atoms with E-state index in [1.165, 1.54) is 43.5 Å². The van der Waals surface area contributed by atoms with Gasteiger partial charge in [0, 0.05) is 12.6 Å². The highest BCUT2D eigenvalue weighted by atomic mass is 35.5. The van der Waals surface area contributed by atoms with Crippen molar-refractivity contribution in [3.05, 3.63) is 57.9 Å². The summed E-state index contributed by atoms with van der Waals surface area (Å²) in [4.78, 5) is 15.4. The summed E-state index contributed by atoms with van der Waals surface area (Å²) in [5.74, 6) is -1.11. The molecule has 0 spiro atoms. The van der Waals surface area contributed by atoms with Gasteiger partial charge < -0.3 is 14.3 Å². The summed E-state index contributed by atoms with van der Waals surface area (Å²) < 4.78 is 52.5. The van der Waals surface area contributed by atoms with E-state index in [0.29, 0.717) is 5.75 Å². The highest BCUT2D eigenvalue weighted by molar-refractivity contribution is 5.87. The summed E-state index contributed by atoms with van der Waals surface area (Å²) in [5, 5.41) is 10.5. The molecule has 33 heavy (non-hydrogen) atoms. The third-order valence-corrected chi connectivity index (χ3v) is 6.08. The fourth-order valence-corrected chi connectivity index (χ4v) is 4.27. The Morgan fingerprint density at radius 2 is 1.85 bits per heavy atom. The molecular weight excluding hydrogens is 459 g/mol. The van der Waals surface area contributed by atoms with Crippen LogP contribution in [0.3, 0.4) is 0 Å². The molecular formula is C24H25ClF3NO4. The zero-order valence-electron chi connectivity index (χ0n) is 18.2. The number of likely N-dealkylation sites (tertiary alicyclic amines) is 1. The van der Waals surface area contributed by atoms with Gasteiger partial charge in [0.25, 0.3) is 0 Å². The highest BCUT2D eigenvalue weighted by Crippen LogP contribution is 2.40. The number of halogens is 4. The molecule has 5 nitrogen and oxygen atoms in total. The van der Waals surface area contributed by atoms with Crippen LogP contribution in [0.5, 0.6) is 11.5 Å². The Hall–Kier alpha value is -2.71. The van der Waals surface area contributed by atoms with Crippen molar-refractivity contribution in [2.24, 2.45) is 0 Å². The molecule has 0 bridgehead atoms. The number of ether oxygens (including phenoxy) is 1. The number of rotatable bonds is 4. The van der Waals surface area contributed by atoms with Crippen molar-refractivity contribution in [2.45, 2.75) is 44.9 Å². The van der Waals surface area contributed by atoms with Gasteiger partial charge in [-0.3, -0.25) is 9.69 Å². The summed E-state index contributed by atoms with van der Waals surface area (Å²) >= 11 is 0. The first kappa shape index (κ1) is 24.9. The molecule has 3 aromatic rings. The lowest BCUT2D eigenvalue weighted by atomic mass is 9.99. The smallest absolute Gasteiger partial charge is 0.450 e. The molecule has 2 aromatic carbocycles. The lowest BCUT2D eigenvalue weighted by Crippen LogP contribution is -2.36. The van der Waals surface area contributed by atoms with E-state index in [-0.39, 0.29) is 52.8 Å². The molecule has 0 radical (unpaired) electrons. The maximum atomic E-state index is 14.0. The lowest BCUT2D eigenvalue weighted by Gasteiger charge is -2.33. The zero-order valence-corrected chi connectivity index (χ0v) is 19.1. The van der Waals surface area contributed by atoms with Gasteiger partial charge in [-0.05, 0) is 56.1 Å². The molecule has 178 valence electrons. The van der Waals surface area contributed by atoms with Gasteiger partial charge in [-0.25, -0.2) is 0 Å². The summed E-state index contributed by atoms with van der Waals surface area (Å²) in [7, 11) is 1.44. The molecule has 4 rings (SSSR count). The monoisotopic (exact) mass is 483 g/mol. The predicted octanol–water partition coefficient (Wildman–Crippen LogP) is 5.99. The lowest BCUT2D eigenvalue weighted by molar-refractivity contribution is -0.152. The molecule has 1 aromatic heterocycles. The second kappa shape index (κ2) is 9.65. The van der Waals surface area contributed by atoms with Crippen LogP contribution in [0.15, 0.2) is 45.6 Å². The molecule has 1 unspecified atom stereocenters. The van der Waals surface area contributed by atoms with Crippen LogP contribution in [0.25, 0.3) is 22.1 Å². The number of aromatic hydroxyl groups is 1. The van der Waals surface area contributed by atoms with Crippen LogP contribution in [0.2, 0.25) is 0 Å². The van der Waals surface area contributed by atoms with Gasteiger partial charge in [-0.2, -0.15) is 13.2 Å². The molecule has 0 amide bonds. The third-order valence-electron chi connectivity index (χ3n) is 6.08. The number of piperidine rings is 1. The highest BCUT2D eigenvalue weighted by Gasteiger charge is 2.40. The number of hydrogen-bond acceptors (Lipinski definition) is 5. The Labute approximate surface area is 195 Å². The maximum Gasteiger partial charge on any atom is 0.450 e. The first-order valence-electron chi connectivity index (χ1n) is 10.5. The molecule has 1 aliphatic rings. The molecule has 1 atom stereocenters. The van der Waals surface area contributed by atoms with E-state index in [1.54, 1.807) is 0 Å².